The Kier molecular flexibility index (Phi) is 8.89. The normalized spacial score (nSPS) is 14.3. The Morgan fingerprint density at radius 1 is 1.10 bits per heavy atom. The van der Waals surface area contributed by atoms with Crippen molar-refractivity contribution in [2.24, 2.45) is 0 Å². The van der Waals surface area contributed by atoms with Crippen LogP contribution in [0.2, 0.25) is 5.02 Å². The van der Waals surface area contributed by atoms with Crippen molar-refractivity contribution in [2.45, 2.75) is 6.61 Å². The molecule has 0 bridgehead atoms. The van der Waals surface area contributed by atoms with Gasteiger partial charge in [-0.3, -0.25) is 9.88 Å². The fourth-order valence-electron chi connectivity index (χ4n) is 4.64. The number of halogens is 2. The number of carbonyl (C=O) groups excluding carboxylic acids is 1. The molecule has 2 aromatic heterocycles. The van der Waals surface area contributed by atoms with E-state index in [0.717, 1.165) is 32.7 Å². The third kappa shape index (κ3) is 6.54. The molecule has 5 rings (SSSR count). The number of nitrogens with one attached hydrogen (secondary N) is 1. The molecule has 1 aliphatic heterocycles. The van der Waals surface area contributed by atoms with Gasteiger partial charge in [-0.2, -0.15) is 5.10 Å². The molecule has 1 fully saturated rings. The van der Waals surface area contributed by atoms with E-state index in [1.54, 1.807) is 30.5 Å². The number of hydrogen-bond acceptors (Lipinski definition) is 10. The van der Waals surface area contributed by atoms with E-state index in [2.05, 4.69) is 37.3 Å². The molecule has 0 saturated carbocycles. The summed E-state index contributed by atoms with van der Waals surface area (Å²) in [4.78, 5) is 21.8. The van der Waals surface area contributed by atoms with Crippen LogP contribution in [-0.2, 0) is 11.3 Å². The van der Waals surface area contributed by atoms with Crippen molar-refractivity contribution >= 4 is 39.8 Å². The minimum Gasteiger partial charge on any atom is -0.491 e. The molecule has 12 heteroatoms. The Hall–Kier alpha value is -3.90. The Balaban J connectivity index is 1.46. The van der Waals surface area contributed by atoms with E-state index < -0.39 is 18.4 Å². The molecule has 41 heavy (non-hydrogen) atoms. The number of aromatic nitrogens is 3. The lowest BCUT2D eigenvalue weighted by molar-refractivity contribution is 0.0595. The number of fused-ring (bicyclic) bond motifs is 1. The first-order valence-corrected chi connectivity index (χ1v) is 13.5. The molecular formula is C29H30ClFN6O4. The maximum Gasteiger partial charge on any atom is 0.341 e. The van der Waals surface area contributed by atoms with Gasteiger partial charge in [0.05, 0.1) is 30.6 Å². The zero-order valence-corrected chi connectivity index (χ0v) is 23.5. The molecule has 0 unspecified atom stereocenters. The van der Waals surface area contributed by atoms with Gasteiger partial charge in [0.15, 0.2) is 0 Å². The van der Waals surface area contributed by atoms with E-state index in [4.69, 9.17) is 21.1 Å². The summed E-state index contributed by atoms with van der Waals surface area (Å²) in [6.45, 7) is 4.66. The molecule has 10 nitrogen and oxygen atoms in total. The third-order valence-corrected chi connectivity index (χ3v) is 7.24. The van der Waals surface area contributed by atoms with E-state index in [9.17, 15) is 14.3 Å². The SMILES string of the molecule is COC(=O)c1cc2c(Nc3cc(-c4cc(Cl)ccc4F)nnc3CO)ccnc2cc1OCCN1CCN(C)CC1. The third-order valence-electron chi connectivity index (χ3n) is 7.00. The summed E-state index contributed by atoms with van der Waals surface area (Å²) in [5.74, 6) is -0.677. The van der Waals surface area contributed by atoms with Crippen LogP contribution in [0.3, 0.4) is 0 Å². The van der Waals surface area contributed by atoms with Gasteiger partial charge < -0.3 is 24.8 Å². The van der Waals surface area contributed by atoms with Gasteiger partial charge in [0.25, 0.3) is 0 Å². The fourth-order valence-corrected chi connectivity index (χ4v) is 4.81. The first kappa shape index (κ1) is 28.6. The summed E-state index contributed by atoms with van der Waals surface area (Å²) in [7, 11) is 3.42. The number of esters is 1. The van der Waals surface area contributed by atoms with Crippen LogP contribution in [0.25, 0.3) is 22.2 Å². The molecule has 214 valence electrons. The summed E-state index contributed by atoms with van der Waals surface area (Å²) in [6.07, 6.45) is 1.61. The lowest BCUT2D eigenvalue weighted by Crippen LogP contribution is -2.45. The number of aliphatic hydroxyl groups is 1. The van der Waals surface area contributed by atoms with Gasteiger partial charge in [0.1, 0.15) is 29.4 Å². The molecule has 4 aromatic rings. The summed E-state index contributed by atoms with van der Waals surface area (Å²) in [6, 6.07) is 10.8. The molecule has 0 amide bonds. The molecule has 0 radical (unpaired) electrons. The highest BCUT2D eigenvalue weighted by atomic mass is 35.5. The highest BCUT2D eigenvalue weighted by Gasteiger charge is 2.19. The minimum atomic E-state index is -0.545. The zero-order valence-electron chi connectivity index (χ0n) is 22.7. The second-order valence-corrected chi connectivity index (χ2v) is 10.1. The lowest BCUT2D eigenvalue weighted by Gasteiger charge is -2.32. The Labute approximate surface area is 241 Å². The van der Waals surface area contributed by atoms with Crippen LogP contribution in [0.1, 0.15) is 16.1 Å². The summed E-state index contributed by atoms with van der Waals surface area (Å²) >= 11 is 6.07. The van der Waals surface area contributed by atoms with Gasteiger partial charge in [0.2, 0.25) is 0 Å². The van der Waals surface area contributed by atoms with Crippen molar-refractivity contribution in [2.75, 3.05) is 58.8 Å². The molecule has 3 heterocycles. The van der Waals surface area contributed by atoms with E-state index in [0.29, 0.717) is 39.7 Å². The molecule has 0 atom stereocenters. The van der Waals surface area contributed by atoms with E-state index in [1.807, 2.05) is 0 Å². The summed E-state index contributed by atoms with van der Waals surface area (Å²) < 4.78 is 25.6. The monoisotopic (exact) mass is 580 g/mol. The van der Waals surface area contributed by atoms with E-state index in [1.165, 1.54) is 25.3 Å². The van der Waals surface area contributed by atoms with Gasteiger partial charge in [-0.25, -0.2) is 9.18 Å². The highest BCUT2D eigenvalue weighted by Crippen LogP contribution is 2.34. The van der Waals surface area contributed by atoms with Gasteiger partial charge in [-0.1, -0.05) is 11.6 Å². The number of anilines is 2. The number of nitrogens with zero attached hydrogens (tertiary/aromatic N) is 5. The topological polar surface area (TPSA) is 113 Å². The number of benzene rings is 2. The average Bonchev–Trinajstić information content (AvgIpc) is 2.98. The maximum atomic E-state index is 14.5. The van der Waals surface area contributed by atoms with Crippen LogP contribution in [-0.4, -0.2) is 89.5 Å². The van der Waals surface area contributed by atoms with Crippen LogP contribution in [0, 0.1) is 5.82 Å². The molecule has 2 N–H and O–H groups in total. The van der Waals surface area contributed by atoms with Crippen LogP contribution in [0.4, 0.5) is 15.8 Å². The van der Waals surface area contributed by atoms with Gasteiger partial charge in [-0.05, 0) is 43.4 Å². The molecule has 0 spiro atoms. The number of ether oxygens (including phenoxy) is 2. The largest absolute Gasteiger partial charge is 0.491 e. The quantitative estimate of drug-likeness (QED) is 0.280. The number of pyridine rings is 1. The molecule has 2 aromatic carbocycles. The standard InChI is InChI=1S/C29H30ClFN6O4/c1-36-7-9-37(10-8-36)11-12-41-28-16-24-20(14-21(28)29(39)40-2)23(5-6-32-24)33-26-15-25(34-35-27(26)17-38)19-13-18(30)3-4-22(19)31/h3-6,13-16,38H,7-12,17H2,1-2H3,(H,32,33,34). The highest BCUT2D eigenvalue weighted by molar-refractivity contribution is 6.30. The first-order valence-electron chi connectivity index (χ1n) is 13.1. The van der Waals surface area contributed by atoms with Crippen molar-refractivity contribution < 1.29 is 23.8 Å². The van der Waals surface area contributed by atoms with E-state index in [-0.39, 0.29) is 22.5 Å². The second kappa shape index (κ2) is 12.7. The Morgan fingerprint density at radius 2 is 1.90 bits per heavy atom. The summed E-state index contributed by atoms with van der Waals surface area (Å²) in [5, 5.41) is 22.3. The van der Waals surface area contributed by atoms with Crippen molar-refractivity contribution in [3.05, 3.63) is 70.8 Å². The molecule has 1 aliphatic rings. The lowest BCUT2D eigenvalue weighted by atomic mass is 10.1. The Bertz CT molecular complexity index is 1560. The summed E-state index contributed by atoms with van der Waals surface area (Å²) in [5.41, 5.74) is 2.45. The number of hydrogen-bond donors (Lipinski definition) is 2. The van der Waals surface area contributed by atoms with Crippen molar-refractivity contribution in [1.29, 1.82) is 0 Å². The van der Waals surface area contributed by atoms with E-state index >= 15 is 0 Å². The van der Waals surface area contributed by atoms with Crippen molar-refractivity contribution in [3.8, 4) is 17.0 Å². The number of methoxy groups -OCH3 is 1. The Morgan fingerprint density at radius 3 is 2.66 bits per heavy atom. The van der Waals surface area contributed by atoms with Gasteiger partial charge in [-0.15, -0.1) is 5.10 Å². The molecular weight excluding hydrogens is 551 g/mol. The van der Waals surface area contributed by atoms with Crippen LogP contribution in [0.5, 0.6) is 5.75 Å². The van der Waals surface area contributed by atoms with Crippen molar-refractivity contribution in [1.82, 2.24) is 25.0 Å². The maximum absolute atomic E-state index is 14.5. The minimum absolute atomic E-state index is 0.170. The smallest absolute Gasteiger partial charge is 0.341 e. The molecule has 1 saturated heterocycles. The number of aliphatic hydroxyl groups excluding tert-OH is 1. The number of rotatable bonds is 9. The predicted octanol–water partition coefficient (Wildman–Crippen LogP) is 4.13. The predicted molar refractivity (Wildman–Crippen MR) is 154 cm³/mol. The fraction of sp³-hybridized carbons (Fsp3) is 0.310. The number of carbonyl (C=O) groups is 1. The number of piperazine rings is 1. The second-order valence-electron chi connectivity index (χ2n) is 9.71. The molecule has 0 aliphatic carbocycles. The van der Waals surface area contributed by atoms with Crippen molar-refractivity contribution in [3.63, 3.8) is 0 Å². The number of likely N-dealkylation sites (N-methyl/N-ethyl adjacent to an activating group) is 1. The first-order chi connectivity index (χ1) is 19.9. The zero-order chi connectivity index (χ0) is 28.9. The van der Waals surface area contributed by atoms with Crippen LogP contribution >= 0.6 is 11.6 Å². The van der Waals surface area contributed by atoms with Crippen LogP contribution < -0.4 is 10.1 Å². The van der Waals surface area contributed by atoms with Gasteiger partial charge in [0, 0.05) is 66.6 Å². The average molecular weight is 581 g/mol. The van der Waals surface area contributed by atoms with Crippen LogP contribution in [0.15, 0.2) is 48.7 Å². The van der Waals surface area contributed by atoms with Gasteiger partial charge >= 0.3 is 5.97 Å².